The Morgan fingerprint density at radius 3 is 2.21 bits per heavy atom. The standard InChI is InChI=1S/C22H28N5S.ClH/c1-5-27(6-2)21-17-26(4)22(28-21)24-23-19-12-14-20(15-13-19)25(3)16-18-10-8-7-9-11-18;/h7-15,17H,5-6,16H2,1-4H3;1H/q+1;/p-1. The van der Waals surface area contributed by atoms with Crippen LogP contribution < -0.4 is 26.8 Å². The molecule has 1 aromatic heterocycles. The van der Waals surface area contributed by atoms with E-state index in [1.165, 1.54) is 10.6 Å². The highest BCUT2D eigenvalue weighted by atomic mass is 35.5. The summed E-state index contributed by atoms with van der Waals surface area (Å²) in [5.74, 6) is 0. The molecule has 0 amide bonds. The fourth-order valence-electron chi connectivity index (χ4n) is 3.01. The molecule has 0 atom stereocenters. The lowest BCUT2D eigenvalue weighted by Crippen LogP contribution is -3.00. The summed E-state index contributed by atoms with van der Waals surface area (Å²) >= 11 is 1.67. The van der Waals surface area contributed by atoms with E-state index in [9.17, 15) is 0 Å². The number of rotatable bonds is 8. The molecule has 0 aliphatic heterocycles. The van der Waals surface area contributed by atoms with E-state index < -0.39 is 0 Å². The van der Waals surface area contributed by atoms with Crippen LogP contribution in [0.2, 0.25) is 0 Å². The summed E-state index contributed by atoms with van der Waals surface area (Å²) < 4.78 is 2.03. The lowest BCUT2D eigenvalue weighted by Gasteiger charge is -2.19. The number of aryl methyl sites for hydroxylation is 1. The van der Waals surface area contributed by atoms with Gasteiger partial charge in [0.2, 0.25) is 0 Å². The van der Waals surface area contributed by atoms with E-state index >= 15 is 0 Å². The van der Waals surface area contributed by atoms with Crippen molar-refractivity contribution >= 4 is 32.8 Å². The minimum Gasteiger partial charge on any atom is -1.00 e. The second-order valence-electron chi connectivity index (χ2n) is 6.69. The number of aromatic nitrogens is 1. The molecule has 0 spiro atoms. The van der Waals surface area contributed by atoms with Gasteiger partial charge in [-0.25, -0.2) is 4.57 Å². The molecule has 7 heteroatoms. The number of benzene rings is 2. The Balaban J connectivity index is 0.00000300. The summed E-state index contributed by atoms with van der Waals surface area (Å²) in [6.07, 6.45) is 2.12. The second-order valence-corrected chi connectivity index (χ2v) is 7.68. The molecule has 3 aromatic rings. The Labute approximate surface area is 183 Å². The lowest BCUT2D eigenvalue weighted by molar-refractivity contribution is -0.653. The minimum atomic E-state index is 0. The molecule has 1 heterocycles. The fraction of sp³-hybridized carbons (Fsp3) is 0.318. The molecule has 0 fully saturated rings. The van der Waals surface area contributed by atoms with Crippen LogP contribution in [0.15, 0.2) is 71.0 Å². The summed E-state index contributed by atoms with van der Waals surface area (Å²) in [5, 5.41) is 11.0. The normalized spacial score (nSPS) is 10.8. The van der Waals surface area contributed by atoms with Gasteiger partial charge in [-0.05, 0) is 60.1 Å². The van der Waals surface area contributed by atoms with Gasteiger partial charge in [-0.3, -0.25) is 0 Å². The second kappa shape index (κ2) is 10.9. The molecule has 154 valence electrons. The molecule has 0 saturated heterocycles. The van der Waals surface area contributed by atoms with Gasteiger partial charge in [-0.2, -0.15) is 0 Å². The Morgan fingerprint density at radius 2 is 1.59 bits per heavy atom. The number of nitrogens with zero attached hydrogens (tertiary/aromatic N) is 5. The summed E-state index contributed by atoms with van der Waals surface area (Å²) in [5.41, 5.74) is 3.31. The topological polar surface area (TPSA) is 35.1 Å². The monoisotopic (exact) mass is 429 g/mol. The van der Waals surface area contributed by atoms with Crippen molar-refractivity contribution in [3.05, 3.63) is 66.4 Å². The number of anilines is 2. The average Bonchev–Trinajstić information content (AvgIpc) is 3.09. The van der Waals surface area contributed by atoms with Crippen molar-refractivity contribution in [2.24, 2.45) is 17.3 Å². The molecule has 0 aliphatic carbocycles. The van der Waals surface area contributed by atoms with E-state index in [-0.39, 0.29) is 12.4 Å². The van der Waals surface area contributed by atoms with Gasteiger partial charge in [0.1, 0.15) is 16.9 Å². The van der Waals surface area contributed by atoms with Gasteiger partial charge in [0.25, 0.3) is 0 Å². The molecule has 5 nitrogen and oxygen atoms in total. The predicted octanol–water partition coefficient (Wildman–Crippen LogP) is 2.47. The van der Waals surface area contributed by atoms with Crippen LogP contribution in [0.1, 0.15) is 19.4 Å². The minimum absolute atomic E-state index is 0. The largest absolute Gasteiger partial charge is 1.00 e. The fourth-order valence-corrected chi connectivity index (χ4v) is 4.07. The van der Waals surface area contributed by atoms with Crippen molar-refractivity contribution in [3.63, 3.8) is 0 Å². The number of hydrogen-bond donors (Lipinski definition) is 0. The maximum atomic E-state index is 4.46. The zero-order valence-electron chi connectivity index (χ0n) is 17.4. The number of hydrogen-bond acceptors (Lipinski definition) is 5. The number of azo groups is 1. The molecular formula is C22H28ClN5S. The van der Waals surface area contributed by atoms with E-state index in [0.717, 1.165) is 36.1 Å². The number of halogens is 1. The SMILES string of the molecule is CCN(CC)c1c[n+](C)c(/N=N/c2ccc(N(C)Cc3ccccc3)cc2)s1.[Cl-]. The third-order valence-electron chi connectivity index (χ3n) is 4.68. The van der Waals surface area contributed by atoms with Crippen molar-refractivity contribution < 1.29 is 17.0 Å². The summed E-state index contributed by atoms with van der Waals surface area (Å²) in [4.78, 5) is 4.55. The van der Waals surface area contributed by atoms with Gasteiger partial charge in [-0.15, -0.1) is 0 Å². The molecule has 0 bridgehead atoms. The molecule has 3 rings (SSSR count). The molecule has 29 heavy (non-hydrogen) atoms. The average molecular weight is 430 g/mol. The number of thiazole rings is 1. The zero-order valence-corrected chi connectivity index (χ0v) is 19.0. The van der Waals surface area contributed by atoms with Crippen LogP contribution in [0.5, 0.6) is 0 Å². The van der Waals surface area contributed by atoms with Gasteiger partial charge in [0.15, 0.2) is 0 Å². The Hall–Kier alpha value is -2.44. The maximum absolute atomic E-state index is 4.46. The van der Waals surface area contributed by atoms with Crippen LogP contribution in [0.25, 0.3) is 0 Å². The first-order valence-corrected chi connectivity index (χ1v) is 10.4. The summed E-state index contributed by atoms with van der Waals surface area (Å²) in [6.45, 7) is 7.19. The van der Waals surface area contributed by atoms with E-state index in [1.54, 1.807) is 11.3 Å². The smallest absolute Gasteiger partial charge is 0.410 e. The molecule has 0 saturated carbocycles. The first-order chi connectivity index (χ1) is 13.6. The van der Waals surface area contributed by atoms with Crippen molar-refractivity contribution in [1.82, 2.24) is 0 Å². The van der Waals surface area contributed by atoms with Crippen LogP contribution in [0.4, 0.5) is 21.5 Å². The molecular weight excluding hydrogens is 402 g/mol. The summed E-state index contributed by atoms with van der Waals surface area (Å²) in [7, 11) is 4.11. The quantitative estimate of drug-likeness (QED) is 0.407. The van der Waals surface area contributed by atoms with E-state index in [0.29, 0.717) is 0 Å². The van der Waals surface area contributed by atoms with Gasteiger partial charge in [0, 0.05) is 32.4 Å². The highest BCUT2D eigenvalue weighted by molar-refractivity contribution is 7.18. The van der Waals surface area contributed by atoms with Gasteiger partial charge >= 0.3 is 5.13 Å². The maximum Gasteiger partial charge on any atom is 0.410 e. The van der Waals surface area contributed by atoms with Gasteiger partial charge in [-0.1, -0.05) is 30.3 Å². The van der Waals surface area contributed by atoms with E-state index in [1.807, 2.05) is 29.8 Å². The third-order valence-corrected chi connectivity index (χ3v) is 5.81. The van der Waals surface area contributed by atoms with Crippen LogP contribution >= 0.6 is 11.3 Å². The Kier molecular flexibility index (Phi) is 8.61. The zero-order chi connectivity index (χ0) is 19.9. The van der Waals surface area contributed by atoms with E-state index in [2.05, 4.69) is 83.5 Å². The van der Waals surface area contributed by atoms with Crippen LogP contribution in [0.3, 0.4) is 0 Å². The van der Waals surface area contributed by atoms with Gasteiger partial charge in [0.05, 0.1) is 12.2 Å². The molecule has 0 aliphatic rings. The highest BCUT2D eigenvalue weighted by Gasteiger charge is 2.16. The molecule has 2 aromatic carbocycles. The molecule has 0 unspecified atom stereocenters. The van der Waals surface area contributed by atoms with Crippen LogP contribution in [-0.2, 0) is 13.6 Å². The van der Waals surface area contributed by atoms with Crippen LogP contribution in [-0.4, -0.2) is 20.1 Å². The summed E-state index contributed by atoms with van der Waals surface area (Å²) in [6, 6.07) is 18.7. The van der Waals surface area contributed by atoms with Crippen molar-refractivity contribution in [3.8, 4) is 0 Å². The van der Waals surface area contributed by atoms with Gasteiger partial charge < -0.3 is 22.2 Å². The first-order valence-electron chi connectivity index (χ1n) is 9.62. The predicted molar refractivity (Wildman–Crippen MR) is 118 cm³/mol. The molecule has 0 radical (unpaired) electrons. The first kappa shape index (κ1) is 22.8. The van der Waals surface area contributed by atoms with E-state index in [4.69, 9.17) is 0 Å². The van der Waals surface area contributed by atoms with Crippen molar-refractivity contribution in [1.29, 1.82) is 0 Å². The lowest BCUT2D eigenvalue weighted by atomic mass is 10.2. The van der Waals surface area contributed by atoms with Crippen LogP contribution in [0, 0.1) is 0 Å². The highest BCUT2D eigenvalue weighted by Crippen LogP contribution is 2.29. The third kappa shape index (κ3) is 6.02. The Morgan fingerprint density at radius 1 is 0.931 bits per heavy atom. The van der Waals surface area contributed by atoms with Crippen molar-refractivity contribution in [2.75, 3.05) is 29.9 Å². The molecule has 0 N–H and O–H groups in total. The Bertz CT molecular complexity index is 905. The van der Waals surface area contributed by atoms with Crippen molar-refractivity contribution in [2.45, 2.75) is 20.4 Å².